The molecule has 3 rings (SSSR count). The summed E-state index contributed by atoms with van der Waals surface area (Å²) >= 11 is 0. The normalized spacial score (nSPS) is 24.5. The van der Waals surface area contributed by atoms with Gasteiger partial charge in [-0.3, -0.25) is 9.59 Å². The Balaban J connectivity index is 1.75. The Morgan fingerprint density at radius 3 is 2.71 bits per heavy atom. The molecule has 0 bridgehead atoms. The molecule has 0 aliphatic carbocycles. The van der Waals surface area contributed by atoms with Gasteiger partial charge in [-0.15, -0.1) is 0 Å². The molecule has 0 aromatic heterocycles. The minimum Gasteiger partial charge on any atom is -0.352 e. The molecule has 6 nitrogen and oxygen atoms in total. The molecule has 0 saturated carbocycles. The number of nitrogens with one attached hydrogen (secondary N) is 1. The summed E-state index contributed by atoms with van der Waals surface area (Å²) in [5, 5.41) is 2.79. The van der Waals surface area contributed by atoms with Crippen molar-refractivity contribution in [1.29, 1.82) is 0 Å². The van der Waals surface area contributed by atoms with Gasteiger partial charge in [-0.1, -0.05) is 24.3 Å². The van der Waals surface area contributed by atoms with Crippen LogP contribution in [0.2, 0.25) is 0 Å². The van der Waals surface area contributed by atoms with E-state index in [9.17, 15) is 18.0 Å². The van der Waals surface area contributed by atoms with Crippen molar-refractivity contribution in [3.63, 3.8) is 0 Å². The molecule has 1 fully saturated rings. The zero-order chi connectivity index (χ0) is 17.3. The highest BCUT2D eigenvalue weighted by atomic mass is 32.2. The van der Waals surface area contributed by atoms with E-state index in [0.29, 0.717) is 6.42 Å². The molecular formula is C17H20N2O4S. The number of carbonyl (C=O) groups excluding carboxylic acids is 2. The fraction of sp³-hybridized carbons (Fsp3) is 0.412. The molecule has 0 spiro atoms. The molecule has 2 unspecified atom stereocenters. The molecule has 24 heavy (non-hydrogen) atoms. The highest BCUT2D eigenvalue weighted by Gasteiger charge is 2.32. The lowest BCUT2D eigenvalue weighted by Gasteiger charge is -2.32. The fourth-order valence-electron chi connectivity index (χ4n) is 3.28. The minimum atomic E-state index is -3.04. The predicted molar refractivity (Wildman–Crippen MR) is 90.6 cm³/mol. The second kappa shape index (κ2) is 6.39. The van der Waals surface area contributed by atoms with Crippen LogP contribution in [0.1, 0.15) is 36.9 Å². The van der Waals surface area contributed by atoms with Gasteiger partial charge in [-0.2, -0.15) is 0 Å². The van der Waals surface area contributed by atoms with Gasteiger partial charge in [0.25, 0.3) is 0 Å². The van der Waals surface area contributed by atoms with Crippen LogP contribution in [0.4, 0.5) is 0 Å². The van der Waals surface area contributed by atoms with Crippen molar-refractivity contribution in [1.82, 2.24) is 10.2 Å². The number of hydrogen-bond acceptors (Lipinski definition) is 4. The Bertz CT molecular complexity index is 801. The standard InChI is InChI=1S/C17H20N2O4S/c1-12(20)19-8-6-13-4-2-3-5-15(13)16(19)10-17(21)18-14-7-9-24(22,23)11-14/h2-6,8,14,16H,7,9-11H2,1H3,(H,18,21). The van der Waals surface area contributed by atoms with Gasteiger partial charge < -0.3 is 10.2 Å². The summed E-state index contributed by atoms with van der Waals surface area (Å²) in [6, 6.07) is 6.94. The second-order valence-electron chi connectivity index (χ2n) is 6.26. The van der Waals surface area contributed by atoms with Crippen molar-refractivity contribution in [2.45, 2.75) is 31.8 Å². The molecule has 1 aromatic carbocycles. The number of fused-ring (bicyclic) bond motifs is 1. The Hall–Kier alpha value is -2.15. The molecule has 0 radical (unpaired) electrons. The highest BCUT2D eigenvalue weighted by molar-refractivity contribution is 7.91. The SMILES string of the molecule is CC(=O)N1C=Cc2ccccc2C1CC(=O)NC1CCS(=O)(=O)C1. The molecule has 2 atom stereocenters. The van der Waals surface area contributed by atoms with Crippen molar-refractivity contribution in [3.05, 3.63) is 41.6 Å². The second-order valence-corrected chi connectivity index (χ2v) is 8.49. The number of sulfone groups is 1. The molecule has 128 valence electrons. The summed E-state index contributed by atoms with van der Waals surface area (Å²) < 4.78 is 23.0. The first kappa shape index (κ1) is 16.7. The molecule has 1 saturated heterocycles. The van der Waals surface area contributed by atoms with Crippen molar-refractivity contribution >= 4 is 27.7 Å². The van der Waals surface area contributed by atoms with Crippen LogP contribution in [0.15, 0.2) is 30.5 Å². The lowest BCUT2D eigenvalue weighted by atomic mass is 9.93. The van der Waals surface area contributed by atoms with E-state index in [2.05, 4.69) is 5.32 Å². The Labute approximate surface area is 141 Å². The number of hydrogen-bond donors (Lipinski definition) is 1. The maximum absolute atomic E-state index is 12.4. The van der Waals surface area contributed by atoms with Crippen LogP contribution in [0.5, 0.6) is 0 Å². The Morgan fingerprint density at radius 1 is 1.29 bits per heavy atom. The van der Waals surface area contributed by atoms with Crippen LogP contribution in [-0.2, 0) is 19.4 Å². The van der Waals surface area contributed by atoms with Crippen molar-refractivity contribution in [2.24, 2.45) is 0 Å². The zero-order valence-corrected chi connectivity index (χ0v) is 14.3. The van der Waals surface area contributed by atoms with E-state index >= 15 is 0 Å². The number of rotatable bonds is 3. The van der Waals surface area contributed by atoms with E-state index in [1.807, 2.05) is 30.3 Å². The first-order chi connectivity index (χ1) is 11.4. The molecule has 2 aliphatic heterocycles. The summed E-state index contributed by atoms with van der Waals surface area (Å²) in [6.07, 6.45) is 4.11. The molecule has 1 N–H and O–H groups in total. The van der Waals surface area contributed by atoms with Gasteiger partial charge in [-0.05, 0) is 23.6 Å². The largest absolute Gasteiger partial charge is 0.352 e. The van der Waals surface area contributed by atoms with Gasteiger partial charge in [0.2, 0.25) is 11.8 Å². The lowest BCUT2D eigenvalue weighted by molar-refractivity contribution is -0.130. The van der Waals surface area contributed by atoms with Gasteiger partial charge in [0.05, 0.1) is 24.0 Å². The van der Waals surface area contributed by atoms with Gasteiger partial charge in [0.15, 0.2) is 9.84 Å². The zero-order valence-electron chi connectivity index (χ0n) is 13.4. The number of amides is 2. The topological polar surface area (TPSA) is 83.6 Å². The smallest absolute Gasteiger partial charge is 0.223 e. The molecular weight excluding hydrogens is 328 g/mol. The van der Waals surface area contributed by atoms with Gasteiger partial charge in [-0.25, -0.2) is 8.42 Å². The van der Waals surface area contributed by atoms with Crippen LogP contribution in [0, 0.1) is 0 Å². The van der Waals surface area contributed by atoms with E-state index in [0.717, 1.165) is 11.1 Å². The van der Waals surface area contributed by atoms with Crippen molar-refractivity contribution in [3.8, 4) is 0 Å². The first-order valence-electron chi connectivity index (χ1n) is 7.91. The molecule has 2 aliphatic rings. The van der Waals surface area contributed by atoms with Crippen molar-refractivity contribution in [2.75, 3.05) is 11.5 Å². The van der Waals surface area contributed by atoms with E-state index in [1.165, 1.54) is 6.92 Å². The van der Waals surface area contributed by atoms with Gasteiger partial charge >= 0.3 is 0 Å². The molecule has 2 heterocycles. The van der Waals surface area contributed by atoms with Crippen LogP contribution in [-0.4, -0.2) is 42.7 Å². The molecule has 1 aromatic rings. The third-order valence-corrected chi connectivity index (χ3v) is 6.21. The van der Waals surface area contributed by atoms with E-state index in [1.54, 1.807) is 11.1 Å². The maximum Gasteiger partial charge on any atom is 0.223 e. The van der Waals surface area contributed by atoms with Gasteiger partial charge in [0, 0.05) is 19.2 Å². The summed E-state index contributed by atoms with van der Waals surface area (Å²) in [5.41, 5.74) is 1.90. The van der Waals surface area contributed by atoms with Crippen LogP contribution < -0.4 is 5.32 Å². The highest BCUT2D eigenvalue weighted by Crippen LogP contribution is 2.32. The summed E-state index contributed by atoms with van der Waals surface area (Å²) in [7, 11) is -3.04. The summed E-state index contributed by atoms with van der Waals surface area (Å²) in [4.78, 5) is 25.8. The van der Waals surface area contributed by atoms with Gasteiger partial charge in [0.1, 0.15) is 0 Å². The lowest BCUT2D eigenvalue weighted by Crippen LogP contribution is -2.39. The Kier molecular flexibility index (Phi) is 4.45. The Morgan fingerprint density at radius 2 is 2.04 bits per heavy atom. The average molecular weight is 348 g/mol. The fourth-order valence-corrected chi connectivity index (χ4v) is 4.96. The van der Waals surface area contributed by atoms with Crippen LogP contribution in [0.25, 0.3) is 6.08 Å². The third kappa shape index (κ3) is 3.51. The average Bonchev–Trinajstić information content (AvgIpc) is 2.86. The first-order valence-corrected chi connectivity index (χ1v) is 9.74. The number of nitrogens with zero attached hydrogens (tertiary/aromatic N) is 1. The molecule has 2 amide bonds. The quantitative estimate of drug-likeness (QED) is 0.891. The third-order valence-electron chi connectivity index (χ3n) is 4.45. The minimum absolute atomic E-state index is 0.00365. The maximum atomic E-state index is 12.4. The van der Waals surface area contributed by atoms with Crippen LogP contribution >= 0.6 is 0 Å². The summed E-state index contributed by atoms with van der Waals surface area (Å²) in [5.74, 6) is -0.261. The van der Waals surface area contributed by atoms with Crippen LogP contribution in [0.3, 0.4) is 0 Å². The van der Waals surface area contributed by atoms with E-state index < -0.39 is 9.84 Å². The van der Waals surface area contributed by atoms with E-state index in [-0.39, 0.29) is 41.8 Å². The number of carbonyl (C=O) groups is 2. The predicted octanol–water partition coefficient (Wildman–Crippen LogP) is 1.25. The molecule has 7 heteroatoms. The summed E-state index contributed by atoms with van der Waals surface area (Å²) in [6.45, 7) is 1.47. The monoisotopic (exact) mass is 348 g/mol. The number of benzene rings is 1. The van der Waals surface area contributed by atoms with Crippen molar-refractivity contribution < 1.29 is 18.0 Å². The van der Waals surface area contributed by atoms with E-state index in [4.69, 9.17) is 0 Å².